The van der Waals surface area contributed by atoms with Crippen molar-refractivity contribution in [2.75, 3.05) is 19.8 Å². The van der Waals surface area contributed by atoms with E-state index >= 15 is 0 Å². The van der Waals surface area contributed by atoms with Crippen LogP contribution in [-0.2, 0) is 21.2 Å². The molecule has 1 unspecified atom stereocenters. The third-order valence-electron chi connectivity index (χ3n) is 5.43. The van der Waals surface area contributed by atoms with Gasteiger partial charge in [0.2, 0.25) is 10.0 Å². The molecule has 4 rings (SSSR count). The van der Waals surface area contributed by atoms with Gasteiger partial charge in [-0.15, -0.1) is 0 Å². The lowest BCUT2D eigenvalue weighted by Crippen LogP contribution is -2.30. The Morgan fingerprint density at radius 3 is 2.38 bits per heavy atom. The molecule has 0 saturated carbocycles. The Morgan fingerprint density at radius 1 is 0.971 bits per heavy atom. The van der Waals surface area contributed by atoms with Crippen molar-refractivity contribution in [3.63, 3.8) is 0 Å². The van der Waals surface area contributed by atoms with Crippen LogP contribution in [0.1, 0.15) is 40.9 Å². The number of esters is 1. The molecule has 0 saturated heterocycles. The predicted octanol–water partition coefficient (Wildman–Crippen LogP) is 4.29. The smallest absolute Gasteiger partial charge is 0.338 e. The molecule has 0 radical (unpaired) electrons. The molecule has 7 nitrogen and oxygen atoms in total. The topological polar surface area (TPSA) is 90.9 Å². The van der Waals surface area contributed by atoms with E-state index in [1.165, 1.54) is 24.3 Å². The van der Waals surface area contributed by atoms with E-state index in [0.29, 0.717) is 36.7 Å². The van der Waals surface area contributed by atoms with E-state index in [1.807, 2.05) is 48.5 Å². The van der Waals surface area contributed by atoms with Crippen LogP contribution in [-0.4, -0.2) is 34.2 Å². The summed E-state index contributed by atoms with van der Waals surface area (Å²) >= 11 is 0. The summed E-state index contributed by atoms with van der Waals surface area (Å²) in [6, 6.07) is 20.3. The highest BCUT2D eigenvalue weighted by Crippen LogP contribution is 2.33. The first kappa shape index (κ1) is 23.8. The average molecular weight is 482 g/mol. The molecule has 0 fully saturated rings. The highest BCUT2D eigenvalue weighted by molar-refractivity contribution is 7.89. The van der Waals surface area contributed by atoms with Gasteiger partial charge in [0.05, 0.1) is 36.3 Å². The number of benzene rings is 3. The third kappa shape index (κ3) is 5.76. The van der Waals surface area contributed by atoms with Gasteiger partial charge in [-0.25, -0.2) is 17.9 Å². The number of hydrogen-bond donors (Lipinski definition) is 1. The minimum atomic E-state index is -3.89. The van der Waals surface area contributed by atoms with E-state index < -0.39 is 22.0 Å². The van der Waals surface area contributed by atoms with Crippen molar-refractivity contribution >= 4 is 16.0 Å². The fraction of sp³-hybridized carbons (Fsp3) is 0.269. The second-order valence-electron chi connectivity index (χ2n) is 7.87. The molecular weight excluding hydrogens is 454 g/mol. The van der Waals surface area contributed by atoms with Crippen LogP contribution in [0.15, 0.2) is 77.7 Å². The standard InChI is InChI=1S/C26H27NO6S/c1-2-31-26(28)20-9-12-22(13-10-20)34(29,30)27-23(17-19-7-4-3-5-8-19)21-11-14-24-25(18-21)33-16-6-15-32-24/h3-5,7-14,18,23,27H,2,6,15-17H2,1H3. The largest absolute Gasteiger partial charge is 0.490 e. The van der Waals surface area contributed by atoms with Crippen molar-refractivity contribution in [1.82, 2.24) is 4.72 Å². The fourth-order valence-corrected chi connectivity index (χ4v) is 4.94. The van der Waals surface area contributed by atoms with Gasteiger partial charge in [0.1, 0.15) is 0 Å². The number of nitrogens with one attached hydrogen (secondary N) is 1. The molecular formula is C26H27NO6S. The van der Waals surface area contributed by atoms with E-state index in [0.717, 1.165) is 17.5 Å². The summed E-state index contributed by atoms with van der Waals surface area (Å²) in [5.41, 5.74) is 2.05. The van der Waals surface area contributed by atoms with Crippen LogP contribution in [0.5, 0.6) is 11.5 Å². The van der Waals surface area contributed by atoms with E-state index in [2.05, 4.69) is 4.72 Å². The molecule has 3 aromatic rings. The molecule has 0 aromatic heterocycles. The SMILES string of the molecule is CCOC(=O)c1ccc(S(=O)(=O)NC(Cc2ccccc2)c2ccc3c(c2)OCCCO3)cc1. The minimum absolute atomic E-state index is 0.0629. The Hall–Kier alpha value is -3.36. The van der Waals surface area contributed by atoms with Crippen molar-refractivity contribution in [2.24, 2.45) is 0 Å². The van der Waals surface area contributed by atoms with Gasteiger partial charge in [0.25, 0.3) is 0 Å². The summed E-state index contributed by atoms with van der Waals surface area (Å²) in [5.74, 6) is 0.761. The summed E-state index contributed by atoms with van der Waals surface area (Å²) in [7, 11) is -3.89. The van der Waals surface area contributed by atoms with Gasteiger partial charge >= 0.3 is 5.97 Å². The summed E-state index contributed by atoms with van der Waals surface area (Å²) in [4.78, 5) is 12.0. The third-order valence-corrected chi connectivity index (χ3v) is 6.92. The van der Waals surface area contributed by atoms with Gasteiger partial charge in [-0.3, -0.25) is 0 Å². The van der Waals surface area contributed by atoms with Crippen molar-refractivity contribution in [2.45, 2.75) is 30.7 Å². The van der Waals surface area contributed by atoms with Crippen LogP contribution < -0.4 is 14.2 Å². The molecule has 0 amide bonds. The van der Waals surface area contributed by atoms with E-state index in [4.69, 9.17) is 14.2 Å². The Kier molecular flexibility index (Phi) is 7.49. The number of carbonyl (C=O) groups excluding carboxylic acids is 1. The van der Waals surface area contributed by atoms with Crippen LogP contribution in [0.4, 0.5) is 0 Å². The highest BCUT2D eigenvalue weighted by Gasteiger charge is 2.24. The zero-order valence-electron chi connectivity index (χ0n) is 18.9. The van der Waals surface area contributed by atoms with Gasteiger partial charge in [-0.1, -0.05) is 36.4 Å². The second-order valence-corrected chi connectivity index (χ2v) is 9.58. The maximum Gasteiger partial charge on any atom is 0.338 e. The Bertz CT molecular complexity index is 1230. The number of sulfonamides is 1. The normalized spacial score (nSPS) is 14.1. The zero-order valence-corrected chi connectivity index (χ0v) is 19.7. The molecule has 3 aromatic carbocycles. The van der Waals surface area contributed by atoms with Crippen LogP contribution in [0.25, 0.3) is 0 Å². The predicted molar refractivity (Wildman–Crippen MR) is 128 cm³/mol. The maximum atomic E-state index is 13.3. The number of ether oxygens (including phenoxy) is 3. The molecule has 1 aliphatic heterocycles. The molecule has 1 aliphatic rings. The maximum absolute atomic E-state index is 13.3. The van der Waals surface area contributed by atoms with Crippen molar-refractivity contribution in [1.29, 1.82) is 0 Å². The van der Waals surface area contributed by atoms with Gasteiger partial charge in [0, 0.05) is 6.42 Å². The molecule has 0 bridgehead atoms. The molecule has 0 spiro atoms. The second kappa shape index (κ2) is 10.7. The fourth-order valence-electron chi connectivity index (χ4n) is 3.71. The first-order valence-corrected chi connectivity index (χ1v) is 12.7. The summed E-state index contributed by atoms with van der Waals surface area (Å²) in [6.45, 7) is 3.08. The molecule has 1 N–H and O–H groups in total. The van der Waals surface area contributed by atoms with E-state index in [9.17, 15) is 13.2 Å². The first-order valence-electron chi connectivity index (χ1n) is 11.2. The van der Waals surface area contributed by atoms with Crippen LogP contribution in [0, 0.1) is 0 Å². The van der Waals surface area contributed by atoms with Crippen molar-refractivity contribution in [3.05, 3.63) is 89.5 Å². The first-order chi connectivity index (χ1) is 16.5. The molecule has 1 atom stereocenters. The van der Waals surface area contributed by atoms with Gasteiger partial charge in [0.15, 0.2) is 11.5 Å². The molecule has 8 heteroatoms. The van der Waals surface area contributed by atoms with Gasteiger partial charge < -0.3 is 14.2 Å². The van der Waals surface area contributed by atoms with E-state index in [1.54, 1.807) is 6.92 Å². The van der Waals surface area contributed by atoms with Gasteiger partial charge in [-0.05, 0) is 60.9 Å². The Morgan fingerprint density at radius 2 is 1.68 bits per heavy atom. The van der Waals surface area contributed by atoms with Crippen LogP contribution in [0.2, 0.25) is 0 Å². The quantitative estimate of drug-likeness (QED) is 0.483. The lowest BCUT2D eigenvalue weighted by molar-refractivity contribution is 0.0526. The number of hydrogen-bond acceptors (Lipinski definition) is 6. The van der Waals surface area contributed by atoms with E-state index in [-0.39, 0.29) is 11.5 Å². The summed E-state index contributed by atoms with van der Waals surface area (Å²) in [6.07, 6.45) is 1.23. The lowest BCUT2D eigenvalue weighted by atomic mass is 9.99. The monoisotopic (exact) mass is 481 g/mol. The molecule has 178 valence electrons. The number of rotatable bonds is 8. The van der Waals surface area contributed by atoms with Crippen molar-refractivity contribution < 1.29 is 27.4 Å². The molecule has 1 heterocycles. The summed E-state index contributed by atoms with van der Waals surface area (Å²) < 4.78 is 45.9. The average Bonchev–Trinajstić information content (AvgIpc) is 3.09. The van der Waals surface area contributed by atoms with Crippen molar-refractivity contribution in [3.8, 4) is 11.5 Å². The minimum Gasteiger partial charge on any atom is -0.490 e. The number of fused-ring (bicyclic) bond motifs is 1. The highest BCUT2D eigenvalue weighted by atomic mass is 32.2. The Balaban J connectivity index is 1.63. The molecule has 0 aliphatic carbocycles. The van der Waals surface area contributed by atoms with Crippen LogP contribution >= 0.6 is 0 Å². The zero-order chi connectivity index (χ0) is 24.0. The summed E-state index contributed by atoms with van der Waals surface area (Å²) in [5, 5.41) is 0. The Labute approximate surface area is 199 Å². The van der Waals surface area contributed by atoms with Gasteiger partial charge in [-0.2, -0.15) is 0 Å². The molecule has 34 heavy (non-hydrogen) atoms. The number of carbonyl (C=O) groups is 1. The van der Waals surface area contributed by atoms with Crippen LogP contribution in [0.3, 0.4) is 0 Å². The lowest BCUT2D eigenvalue weighted by Gasteiger charge is -2.21.